The van der Waals surface area contributed by atoms with Crippen molar-refractivity contribution in [3.8, 4) is 5.75 Å². The van der Waals surface area contributed by atoms with E-state index in [0.717, 1.165) is 31.4 Å². The van der Waals surface area contributed by atoms with Crippen molar-refractivity contribution >= 4 is 35.8 Å². The number of hydrogen-bond acceptors (Lipinski definition) is 3. The lowest BCUT2D eigenvalue weighted by molar-refractivity contribution is -0.138. The molecule has 0 heterocycles. The maximum absolute atomic E-state index is 12.6. The average Bonchev–Trinajstić information content (AvgIpc) is 3.12. The second-order valence-corrected chi connectivity index (χ2v) is 7.20. The third kappa shape index (κ3) is 6.86. The molecule has 0 bridgehead atoms. The summed E-state index contributed by atoms with van der Waals surface area (Å²) in [6.07, 6.45) is 4.09. The Morgan fingerprint density at radius 1 is 1.19 bits per heavy atom. The fraction of sp³-hybridized carbons (Fsp3) is 0.600. The molecule has 1 aliphatic rings. The maximum Gasteiger partial charge on any atom is 0.230 e. The van der Waals surface area contributed by atoms with Gasteiger partial charge < -0.3 is 20.3 Å². The molecule has 0 radical (unpaired) electrons. The number of guanidine groups is 1. The summed E-state index contributed by atoms with van der Waals surface area (Å²) in [7, 11) is 5.40. The highest BCUT2D eigenvalue weighted by atomic mass is 127. The average molecular weight is 488 g/mol. The molecule has 1 amide bonds. The summed E-state index contributed by atoms with van der Waals surface area (Å²) >= 11 is 0. The number of amides is 1. The van der Waals surface area contributed by atoms with E-state index < -0.39 is 0 Å². The largest absolute Gasteiger partial charge is 0.492 e. The number of nitrogens with zero attached hydrogens (tertiary/aromatic N) is 2. The molecule has 0 saturated heterocycles. The minimum atomic E-state index is -0.306. The van der Waals surface area contributed by atoms with Crippen LogP contribution in [0.5, 0.6) is 5.75 Å². The molecule has 1 aromatic carbocycles. The van der Waals surface area contributed by atoms with Crippen LogP contribution in [0.2, 0.25) is 0 Å². The quantitative estimate of drug-likeness (QED) is 0.268. The molecule has 6 nitrogen and oxygen atoms in total. The Morgan fingerprint density at radius 3 is 2.37 bits per heavy atom. The van der Waals surface area contributed by atoms with E-state index >= 15 is 0 Å². The zero-order valence-electron chi connectivity index (χ0n) is 16.9. The first-order valence-corrected chi connectivity index (χ1v) is 9.32. The fourth-order valence-corrected chi connectivity index (χ4v) is 3.44. The summed E-state index contributed by atoms with van der Waals surface area (Å²) in [5, 5.41) is 6.58. The summed E-state index contributed by atoms with van der Waals surface area (Å²) in [6.45, 7) is 3.86. The molecule has 1 saturated carbocycles. The number of rotatable bonds is 7. The van der Waals surface area contributed by atoms with Crippen LogP contribution in [0.1, 0.15) is 31.2 Å². The van der Waals surface area contributed by atoms with Crippen molar-refractivity contribution in [3.63, 3.8) is 0 Å². The van der Waals surface area contributed by atoms with E-state index in [1.807, 2.05) is 38.4 Å². The van der Waals surface area contributed by atoms with Crippen LogP contribution in [0.3, 0.4) is 0 Å². The molecule has 0 spiro atoms. The Bertz CT molecular complexity index is 611. The lowest BCUT2D eigenvalue weighted by Crippen LogP contribution is -2.49. The number of carbonyl (C=O) groups excluding carboxylic acids is 1. The summed E-state index contributed by atoms with van der Waals surface area (Å²) in [6, 6.07) is 8.01. The van der Waals surface area contributed by atoms with Crippen LogP contribution in [0.25, 0.3) is 0 Å². The Balaban J connectivity index is 0.00000364. The van der Waals surface area contributed by atoms with Crippen molar-refractivity contribution < 1.29 is 9.53 Å². The summed E-state index contributed by atoms with van der Waals surface area (Å²) in [5.74, 6) is 1.78. The van der Waals surface area contributed by atoms with E-state index in [1.54, 1.807) is 11.9 Å². The summed E-state index contributed by atoms with van der Waals surface area (Å²) in [4.78, 5) is 18.6. The molecule has 0 unspecified atom stereocenters. The van der Waals surface area contributed by atoms with Crippen LogP contribution in [0, 0.1) is 12.3 Å². The molecule has 27 heavy (non-hydrogen) atoms. The Labute approximate surface area is 180 Å². The van der Waals surface area contributed by atoms with Crippen molar-refractivity contribution in [1.29, 1.82) is 0 Å². The summed E-state index contributed by atoms with van der Waals surface area (Å²) < 4.78 is 5.72. The molecule has 2 N–H and O–H groups in total. The number of benzene rings is 1. The second kappa shape index (κ2) is 11.4. The lowest BCUT2D eigenvalue weighted by Gasteiger charge is -2.31. The van der Waals surface area contributed by atoms with Crippen molar-refractivity contribution in [2.24, 2.45) is 10.4 Å². The van der Waals surface area contributed by atoms with Gasteiger partial charge in [0.1, 0.15) is 12.4 Å². The van der Waals surface area contributed by atoms with E-state index in [2.05, 4.69) is 22.5 Å². The highest BCUT2D eigenvalue weighted by Crippen LogP contribution is 2.38. The van der Waals surface area contributed by atoms with Gasteiger partial charge in [0.25, 0.3) is 0 Å². The van der Waals surface area contributed by atoms with Gasteiger partial charge in [0, 0.05) is 27.7 Å². The Hall–Kier alpha value is -1.51. The van der Waals surface area contributed by atoms with Crippen LogP contribution in [0.4, 0.5) is 0 Å². The van der Waals surface area contributed by atoms with Crippen LogP contribution >= 0.6 is 24.0 Å². The topological polar surface area (TPSA) is 66.0 Å². The van der Waals surface area contributed by atoms with E-state index in [9.17, 15) is 4.79 Å². The highest BCUT2D eigenvalue weighted by Gasteiger charge is 2.42. The molecule has 0 aliphatic heterocycles. The fourth-order valence-electron chi connectivity index (χ4n) is 3.44. The van der Waals surface area contributed by atoms with E-state index in [0.29, 0.717) is 25.7 Å². The Kier molecular flexibility index (Phi) is 9.90. The first kappa shape index (κ1) is 23.5. The van der Waals surface area contributed by atoms with Crippen LogP contribution in [-0.4, -0.2) is 57.6 Å². The lowest BCUT2D eigenvalue weighted by atomic mass is 9.84. The molecule has 0 atom stereocenters. The number of aliphatic imine (C=N–C) groups is 1. The van der Waals surface area contributed by atoms with Crippen LogP contribution in [0.15, 0.2) is 29.3 Å². The molecular formula is C20H33IN4O2. The first-order valence-electron chi connectivity index (χ1n) is 9.32. The smallest absolute Gasteiger partial charge is 0.230 e. The standard InChI is InChI=1S/C20H32N4O2.HI/c1-16-7-9-17(10-8-16)26-14-13-22-19(21-2)23-15-20(11-5-6-12-20)18(25)24(3)4;/h7-10H,5-6,11-15H2,1-4H3,(H2,21,22,23);1H. The van der Waals surface area contributed by atoms with Gasteiger partial charge in [0.05, 0.1) is 12.0 Å². The molecule has 1 aliphatic carbocycles. The number of ether oxygens (including phenoxy) is 1. The molecule has 1 aromatic rings. The SMILES string of the molecule is CN=C(NCCOc1ccc(C)cc1)NCC1(C(=O)N(C)C)CCCC1.I. The van der Waals surface area contributed by atoms with Crippen molar-refractivity contribution in [2.75, 3.05) is 40.8 Å². The van der Waals surface area contributed by atoms with Crippen molar-refractivity contribution in [2.45, 2.75) is 32.6 Å². The zero-order chi connectivity index (χ0) is 19.0. The number of halogens is 1. The van der Waals surface area contributed by atoms with Gasteiger partial charge in [-0.1, -0.05) is 30.5 Å². The van der Waals surface area contributed by atoms with Gasteiger partial charge in [-0.2, -0.15) is 0 Å². The Morgan fingerprint density at radius 2 is 1.81 bits per heavy atom. The second-order valence-electron chi connectivity index (χ2n) is 7.20. The third-order valence-electron chi connectivity index (χ3n) is 4.92. The number of hydrogen-bond donors (Lipinski definition) is 2. The third-order valence-corrected chi connectivity index (χ3v) is 4.92. The van der Waals surface area contributed by atoms with Gasteiger partial charge in [-0.15, -0.1) is 24.0 Å². The van der Waals surface area contributed by atoms with E-state index in [4.69, 9.17) is 4.74 Å². The molecule has 152 valence electrons. The molecule has 1 fully saturated rings. The van der Waals surface area contributed by atoms with Gasteiger partial charge in [-0.05, 0) is 31.9 Å². The number of nitrogens with one attached hydrogen (secondary N) is 2. The van der Waals surface area contributed by atoms with Gasteiger partial charge in [0.2, 0.25) is 5.91 Å². The number of carbonyl (C=O) groups is 1. The van der Waals surface area contributed by atoms with Crippen LogP contribution in [-0.2, 0) is 4.79 Å². The summed E-state index contributed by atoms with van der Waals surface area (Å²) in [5.41, 5.74) is 0.910. The van der Waals surface area contributed by atoms with Crippen LogP contribution < -0.4 is 15.4 Å². The highest BCUT2D eigenvalue weighted by molar-refractivity contribution is 14.0. The molecule has 2 rings (SSSR count). The minimum absolute atomic E-state index is 0. The van der Waals surface area contributed by atoms with Crippen molar-refractivity contribution in [1.82, 2.24) is 15.5 Å². The van der Waals surface area contributed by atoms with Gasteiger partial charge in [-0.25, -0.2) is 0 Å². The zero-order valence-corrected chi connectivity index (χ0v) is 19.2. The predicted molar refractivity (Wildman–Crippen MR) is 121 cm³/mol. The molecule has 7 heteroatoms. The first-order chi connectivity index (χ1) is 12.5. The van der Waals surface area contributed by atoms with E-state index in [-0.39, 0.29) is 35.3 Å². The van der Waals surface area contributed by atoms with Gasteiger partial charge in [-0.3, -0.25) is 9.79 Å². The normalized spacial score (nSPS) is 15.6. The molecular weight excluding hydrogens is 455 g/mol. The predicted octanol–water partition coefficient (Wildman–Crippen LogP) is 2.81. The monoisotopic (exact) mass is 488 g/mol. The minimum Gasteiger partial charge on any atom is -0.492 e. The maximum atomic E-state index is 12.6. The van der Waals surface area contributed by atoms with Gasteiger partial charge in [0.15, 0.2) is 5.96 Å². The van der Waals surface area contributed by atoms with Gasteiger partial charge >= 0.3 is 0 Å². The molecule has 0 aromatic heterocycles. The van der Waals surface area contributed by atoms with E-state index in [1.165, 1.54) is 5.56 Å². The van der Waals surface area contributed by atoms with Crippen molar-refractivity contribution in [3.05, 3.63) is 29.8 Å². The number of aryl methyl sites for hydroxylation is 1.